The van der Waals surface area contributed by atoms with Crippen molar-refractivity contribution in [3.63, 3.8) is 0 Å². The van der Waals surface area contributed by atoms with Gasteiger partial charge in [-0.2, -0.15) is 0 Å². The van der Waals surface area contributed by atoms with Crippen molar-refractivity contribution < 1.29 is 4.79 Å². The van der Waals surface area contributed by atoms with Gasteiger partial charge in [0.2, 0.25) is 5.91 Å². The molecule has 0 aliphatic heterocycles. The Bertz CT molecular complexity index is 342. The van der Waals surface area contributed by atoms with Crippen molar-refractivity contribution in [3.8, 4) is 0 Å². The van der Waals surface area contributed by atoms with Crippen molar-refractivity contribution >= 4 is 11.6 Å². The standard InChI is InChI=1S/C14H21NO/c1-4-11-8-7-9-13(10-11)15-14(16)12(5-2)6-3/h7-10,12H,4-6H2,1-3H3,(H,15,16). The van der Waals surface area contributed by atoms with E-state index in [0.29, 0.717) is 0 Å². The van der Waals surface area contributed by atoms with Crippen molar-refractivity contribution in [3.05, 3.63) is 29.8 Å². The molecule has 1 aromatic rings. The van der Waals surface area contributed by atoms with Crippen LogP contribution in [0.15, 0.2) is 24.3 Å². The summed E-state index contributed by atoms with van der Waals surface area (Å²) < 4.78 is 0. The highest BCUT2D eigenvalue weighted by Crippen LogP contribution is 2.15. The van der Waals surface area contributed by atoms with E-state index in [0.717, 1.165) is 24.9 Å². The number of carbonyl (C=O) groups excluding carboxylic acids is 1. The van der Waals surface area contributed by atoms with Crippen LogP contribution in [0.5, 0.6) is 0 Å². The Morgan fingerprint density at radius 3 is 2.50 bits per heavy atom. The van der Waals surface area contributed by atoms with Crippen LogP contribution in [0.3, 0.4) is 0 Å². The zero-order valence-electron chi connectivity index (χ0n) is 10.4. The number of rotatable bonds is 5. The maximum atomic E-state index is 11.9. The Morgan fingerprint density at radius 1 is 1.25 bits per heavy atom. The molecule has 0 fully saturated rings. The second kappa shape index (κ2) is 6.31. The van der Waals surface area contributed by atoms with Gasteiger partial charge < -0.3 is 5.32 Å². The molecule has 16 heavy (non-hydrogen) atoms. The first-order valence-electron chi connectivity index (χ1n) is 6.11. The molecule has 0 spiro atoms. The fraction of sp³-hybridized carbons (Fsp3) is 0.500. The Morgan fingerprint density at radius 2 is 1.94 bits per heavy atom. The summed E-state index contributed by atoms with van der Waals surface area (Å²) in [6.45, 7) is 6.22. The number of aryl methyl sites for hydroxylation is 1. The predicted octanol–water partition coefficient (Wildman–Crippen LogP) is 3.62. The minimum atomic E-state index is 0.130. The molecule has 0 saturated carbocycles. The van der Waals surface area contributed by atoms with Crippen LogP contribution in [0, 0.1) is 5.92 Å². The molecule has 0 heterocycles. The van der Waals surface area contributed by atoms with Gasteiger partial charge in [0.15, 0.2) is 0 Å². The number of hydrogen-bond acceptors (Lipinski definition) is 1. The van der Waals surface area contributed by atoms with E-state index in [-0.39, 0.29) is 11.8 Å². The maximum absolute atomic E-state index is 11.9. The lowest BCUT2D eigenvalue weighted by atomic mass is 10.0. The molecule has 2 nitrogen and oxygen atoms in total. The summed E-state index contributed by atoms with van der Waals surface area (Å²) in [5.74, 6) is 0.267. The number of nitrogens with one attached hydrogen (secondary N) is 1. The predicted molar refractivity (Wildman–Crippen MR) is 68.5 cm³/mol. The fourth-order valence-electron chi connectivity index (χ4n) is 1.77. The average Bonchev–Trinajstić information content (AvgIpc) is 2.31. The molecule has 0 unspecified atom stereocenters. The van der Waals surface area contributed by atoms with Crippen molar-refractivity contribution in [2.45, 2.75) is 40.0 Å². The van der Waals surface area contributed by atoms with Crippen LogP contribution in [0.2, 0.25) is 0 Å². The van der Waals surface area contributed by atoms with Crippen LogP contribution in [0.25, 0.3) is 0 Å². The largest absolute Gasteiger partial charge is 0.326 e. The normalized spacial score (nSPS) is 10.5. The fourth-order valence-corrected chi connectivity index (χ4v) is 1.77. The third-order valence-electron chi connectivity index (χ3n) is 2.96. The molecule has 1 N–H and O–H groups in total. The van der Waals surface area contributed by atoms with Crippen LogP contribution in [-0.4, -0.2) is 5.91 Å². The number of carbonyl (C=O) groups is 1. The third kappa shape index (κ3) is 3.37. The lowest BCUT2D eigenvalue weighted by Crippen LogP contribution is -2.21. The Hall–Kier alpha value is -1.31. The molecule has 0 radical (unpaired) electrons. The van der Waals surface area contributed by atoms with Gasteiger partial charge in [0.05, 0.1) is 0 Å². The summed E-state index contributed by atoms with van der Waals surface area (Å²) in [6.07, 6.45) is 2.79. The van der Waals surface area contributed by atoms with E-state index in [4.69, 9.17) is 0 Å². The number of hydrogen-bond donors (Lipinski definition) is 1. The van der Waals surface area contributed by atoms with Gasteiger partial charge in [-0.1, -0.05) is 32.9 Å². The molecule has 0 aliphatic rings. The first-order chi connectivity index (χ1) is 7.71. The van der Waals surface area contributed by atoms with Crippen molar-refractivity contribution in [2.24, 2.45) is 5.92 Å². The monoisotopic (exact) mass is 219 g/mol. The minimum absolute atomic E-state index is 0.130. The summed E-state index contributed by atoms with van der Waals surface area (Å²) >= 11 is 0. The van der Waals surface area contributed by atoms with E-state index < -0.39 is 0 Å². The highest BCUT2D eigenvalue weighted by molar-refractivity contribution is 5.92. The van der Waals surface area contributed by atoms with Crippen LogP contribution in [-0.2, 0) is 11.2 Å². The highest BCUT2D eigenvalue weighted by Gasteiger charge is 2.13. The van der Waals surface area contributed by atoms with E-state index in [1.165, 1.54) is 5.56 Å². The zero-order chi connectivity index (χ0) is 12.0. The van der Waals surface area contributed by atoms with Crippen LogP contribution < -0.4 is 5.32 Å². The first kappa shape index (κ1) is 12.8. The van der Waals surface area contributed by atoms with Crippen LogP contribution in [0.4, 0.5) is 5.69 Å². The number of anilines is 1. The van der Waals surface area contributed by atoms with E-state index in [1.807, 2.05) is 18.2 Å². The van der Waals surface area contributed by atoms with Crippen molar-refractivity contribution in [2.75, 3.05) is 5.32 Å². The van der Waals surface area contributed by atoms with E-state index in [9.17, 15) is 4.79 Å². The lowest BCUT2D eigenvalue weighted by molar-refractivity contribution is -0.120. The quantitative estimate of drug-likeness (QED) is 0.805. The van der Waals surface area contributed by atoms with Crippen LogP contribution in [0.1, 0.15) is 39.2 Å². The summed E-state index contributed by atoms with van der Waals surface area (Å²) in [7, 11) is 0. The molecule has 1 rings (SSSR count). The Balaban J connectivity index is 2.68. The average molecular weight is 219 g/mol. The highest BCUT2D eigenvalue weighted by atomic mass is 16.1. The maximum Gasteiger partial charge on any atom is 0.227 e. The summed E-state index contributed by atoms with van der Waals surface area (Å²) in [4.78, 5) is 11.9. The van der Waals surface area contributed by atoms with E-state index >= 15 is 0 Å². The molecule has 1 aromatic carbocycles. The van der Waals surface area contributed by atoms with Gasteiger partial charge in [0.1, 0.15) is 0 Å². The van der Waals surface area contributed by atoms with E-state index in [1.54, 1.807) is 0 Å². The smallest absolute Gasteiger partial charge is 0.227 e. The van der Waals surface area contributed by atoms with Crippen molar-refractivity contribution in [1.29, 1.82) is 0 Å². The van der Waals surface area contributed by atoms with Gasteiger partial charge >= 0.3 is 0 Å². The summed E-state index contributed by atoms with van der Waals surface area (Å²) in [6, 6.07) is 8.05. The van der Waals surface area contributed by atoms with Gasteiger partial charge in [-0.05, 0) is 37.0 Å². The second-order valence-corrected chi connectivity index (χ2v) is 4.06. The molecule has 0 aromatic heterocycles. The first-order valence-corrected chi connectivity index (χ1v) is 6.11. The van der Waals surface area contributed by atoms with Gasteiger partial charge in [-0.3, -0.25) is 4.79 Å². The van der Waals surface area contributed by atoms with E-state index in [2.05, 4.69) is 32.2 Å². The molecule has 0 bridgehead atoms. The SMILES string of the molecule is CCc1cccc(NC(=O)C(CC)CC)c1. The second-order valence-electron chi connectivity index (χ2n) is 4.06. The van der Waals surface area contributed by atoms with Gasteiger partial charge in [0.25, 0.3) is 0 Å². The molecule has 88 valence electrons. The molecular weight excluding hydrogens is 198 g/mol. The Labute approximate surface area is 98.1 Å². The van der Waals surface area contributed by atoms with Gasteiger partial charge in [-0.15, -0.1) is 0 Å². The molecule has 2 heteroatoms. The molecular formula is C14H21NO. The molecule has 0 saturated heterocycles. The number of amides is 1. The molecule has 1 amide bonds. The molecule has 0 atom stereocenters. The zero-order valence-corrected chi connectivity index (χ0v) is 10.4. The van der Waals surface area contributed by atoms with Crippen LogP contribution >= 0.6 is 0 Å². The lowest BCUT2D eigenvalue weighted by Gasteiger charge is -2.13. The Kier molecular flexibility index (Phi) is 5.03. The topological polar surface area (TPSA) is 29.1 Å². The van der Waals surface area contributed by atoms with Gasteiger partial charge in [-0.25, -0.2) is 0 Å². The summed E-state index contributed by atoms with van der Waals surface area (Å²) in [5.41, 5.74) is 2.17. The molecule has 0 aliphatic carbocycles. The third-order valence-corrected chi connectivity index (χ3v) is 2.96. The van der Waals surface area contributed by atoms with Crippen molar-refractivity contribution in [1.82, 2.24) is 0 Å². The number of benzene rings is 1. The minimum Gasteiger partial charge on any atom is -0.326 e. The summed E-state index contributed by atoms with van der Waals surface area (Å²) in [5, 5.41) is 2.98. The van der Waals surface area contributed by atoms with Gasteiger partial charge in [0, 0.05) is 11.6 Å².